The summed E-state index contributed by atoms with van der Waals surface area (Å²) in [6.07, 6.45) is -4.05. The van der Waals surface area contributed by atoms with Crippen molar-refractivity contribution in [3.8, 4) is 5.75 Å². The quantitative estimate of drug-likeness (QED) is 0.601. The number of halogens is 4. The summed E-state index contributed by atoms with van der Waals surface area (Å²) < 4.78 is 40.3. The number of ketones is 1. The van der Waals surface area contributed by atoms with Gasteiger partial charge in [0.15, 0.2) is 5.78 Å². The second-order valence-electron chi connectivity index (χ2n) is 3.59. The second-order valence-corrected chi connectivity index (χ2v) is 4.38. The van der Waals surface area contributed by atoms with Gasteiger partial charge in [0.05, 0.1) is 0 Å². The van der Waals surface area contributed by atoms with Crippen LogP contribution >= 0.6 is 15.9 Å². The van der Waals surface area contributed by atoms with Gasteiger partial charge in [-0.15, -0.1) is 13.2 Å². The zero-order chi connectivity index (χ0) is 13.8. The third-order valence-corrected chi connectivity index (χ3v) is 2.71. The van der Waals surface area contributed by atoms with Gasteiger partial charge >= 0.3 is 6.36 Å². The Kier molecular flexibility index (Phi) is 5.19. The molecule has 0 unspecified atom stereocenters. The summed E-state index contributed by atoms with van der Waals surface area (Å²) in [5.74, 6) is -0.361. The van der Waals surface area contributed by atoms with Crippen molar-refractivity contribution >= 4 is 21.7 Å². The van der Waals surface area contributed by atoms with Gasteiger partial charge in [0.2, 0.25) is 0 Å². The summed E-state index contributed by atoms with van der Waals surface area (Å²) in [5.41, 5.74) is 0.772. The number of aryl methyl sites for hydroxylation is 1. The van der Waals surface area contributed by atoms with E-state index in [1.165, 1.54) is 18.2 Å². The monoisotopic (exact) mass is 324 g/mol. The van der Waals surface area contributed by atoms with E-state index in [0.29, 0.717) is 29.3 Å². The van der Waals surface area contributed by atoms with Crippen molar-refractivity contribution < 1.29 is 22.7 Å². The number of ether oxygens (including phenoxy) is 1. The van der Waals surface area contributed by atoms with Crippen LogP contribution in [-0.2, 0) is 6.42 Å². The van der Waals surface area contributed by atoms with E-state index in [-0.39, 0.29) is 11.5 Å². The van der Waals surface area contributed by atoms with Crippen LogP contribution in [0, 0.1) is 0 Å². The molecule has 0 amide bonds. The lowest BCUT2D eigenvalue weighted by Gasteiger charge is -2.13. The van der Waals surface area contributed by atoms with Crippen LogP contribution in [0.3, 0.4) is 0 Å². The lowest BCUT2D eigenvalue weighted by atomic mass is 10.0. The van der Waals surface area contributed by atoms with Gasteiger partial charge in [-0.3, -0.25) is 4.79 Å². The van der Waals surface area contributed by atoms with Crippen LogP contribution in [0.5, 0.6) is 5.75 Å². The molecule has 0 aliphatic carbocycles. The molecule has 0 saturated carbocycles. The molecule has 0 fully saturated rings. The molecule has 100 valence electrons. The second kappa shape index (κ2) is 6.22. The number of benzene rings is 1. The summed E-state index contributed by atoms with van der Waals surface area (Å²) in [7, 11) is 0. The molecule has 1 aromatic carbocycles. The first-order valence-corrected chi connectivity index (χ1v) is 6.47. The van der Waals surface area contributed by atoms with Crippen LogP contribution in [0.1, 0.15) is 29.3 Å². The van der Waals surface area contributed by atoms with E-state index in [4.69, 9.17) is 0 Å². The third-order valence-electron chi connectivity index (χ3n) is 2.31. The van der Waals surface area contributed by atoms with Gasteiger partial charge in [-0.2, -0.15) is 0 Å². The summed E-state index contributed by atoms with van der Waals surface area (Å²) in [6.45, 7) is 1.71. The first-order valence-electron chi connectivity index (χ1n) is 5.35. The van der Waals surface area contributed by atoms with Crippen molar-refractivity contribution in [2.24, 2.45) is 0 Å². The number of Topliss-reactive ketones (excluding diaryl/α,β-unsaturated/α-hetero) is 1. The Bertz CT molecular complexity index is 430. The van der Waals surface area contributed by atoms with Crippen LogP contribution < -0.4 is 4.74 Å². The number of rotatable bonds is 5. The number of hydrogen-bond donors (Lipinski definition) is 0. The lowest BCUT2D eigenvalue weighted by Crippen LogP contribution is -2.18. The van der Waals surface area contributed by atoms with Crippen LogP contribution in [0.25, 0.3) is 0 Å². The maximum absolute atomic E-state index is 12.1. The summed E-state index contributed by atoms with van der Waals surface area (Å²) in [4.78, 5) is 11.6. The zero-order valence-corrected chi connectivity index (χ0v) is 11.3. The predicted molar refractivity (Wildman–Crippen MR) is 65.2 cm³/mol. The molecule has 1 rings (SSSR count). The summed E-state index contributed by atoms with van der Waals surface area (Å²) >= 11 is 3.14. The predicted octanol–water partition coefficient (Wildman–Crippen LogP) is 4.12. The van der Waals surface area contributed by atoms with E-state index >= 15 is 0 Å². The average molecular weight is 325 g/mol. The number of hydrogen-bond acceptors (Lipinski definition) is 2. The van der Waals surface area contributed by atoms with Crippen molar-refractivity contribution in [3.63, 3.8) is 0 Å². The molecule has 0 aliphatic rings. The van der Waals surface area contributed by atoms with Crippen LogP contribution in [-0.4, -0.2) is 17.5 Å². The molecule has 0 aromatic heterocycles. The fourth-order valence-corrected chi connectivity index (χ4v) is 1.84. The average Bonchev–Trinajstić information content (AvgIpc) is 2.27. The van der Waals surface area contributed by atoms with Crippen LogP contribution in [0.4, 0.5) is 13.2 Å². The van der Waals surface area contributed by atoms with Crippen molar-refractivity contribution in [2.45, 2.75) is 26.1 Å². The fraction of sp³-hybridized carbons (Fsp3) is 0.417. The topological polar surface area (TPSA) is 26.3 Å². The fourth-order valence-electron chi connectivity index (χ4n) is 1.48. The standard InChI is InChI=1S/C12H12BrF3O2/c1-2-8-7-9(10(17)5-6-13)3-4-11(8)18-12(14,15)16/h3-4,7H,2,5-6H2,1H3. The van der Waals surface area contributed by atoms with E-state index in [0.717, 1.165) is 0 Å². The number of carbonyl (C=O) groups is 1. The van der Waals surface area contributed by atoms with Gasteiger partial charge in [-0.05, 0) is 30.2 Å². The van der Waals surface area contributed by atoms with Gasteiger partial charge in [0.25, 0.3) is 0 Å². The Morgan fingerprint density at radius 2 is 2.06 bits per heavy atom. The van der Waals surface area contributed by atoms with E-state index in [1.54, 1.807) is 6.92 Å². The van der Waals surface area contributed by atoms with Crippen LogP contribution in [0.2, 0.25) is 0 Å². The molecule has 0 radical (unpaired) electrons. The van der Waals surface area contributed by atoms with Crippen molar-refractivity contribution in [3.05, 3.63) is 29.3 Å². The molecule has 0 atom stereocenters. The maximum atomic E-state index is 12.1. The highest BCUT2D eigenvalue weighted by atomic mass is 79.9. The smallest absolute Gasteiger partial charge is 0.406 e. The molecule has 6 heteroatoms. The van der Waals surface area contributed by atoms with Crippen molar-refractivity contribution in [1.82, 2.24) is 0 Å². The van der Waals surface area contributed by atoms with Gasteiger partial charge in [0.1, 0.15) is 5.75 Å². The van der Waals surface area contributed by atoms with Crippen LogP contribution in [0.15, 0.2) is 18.2 Å². The van der Waals surface area contributed by atoms with Crippen molar-refractivity contribution in [2.75, 3.05) is 5.33 Å². The van der Waals surface area contributed by atoms with E-state index in [2.05, 4.69) is 20.7 Å². The molecule has 1 aromatic rings. The Morgan fingerprint density at radius 3 is 2.56 bits per heavy atom. The van der Waals surface area contributed by atoms with Gasteiger partial charge < -0.3 is 4.74 Å². The Morgan fingerprint density at radius 1 is 1.39 bits per heavy atom. The van der Waals surface area contributed by atoms with Gasteiger partial charge in [-0.25, -0.2) is 0 Å². The Hall–Kier alpha value is -1.04. The molecule has 18 heavy (non-hydrogen) atoms. The minimum Gasteiger partial charge on any atom is -0.406 e. The van der Waals surface area contributed by atoms with Gasteiger partial charge in [0, 0.05) is 17.3 Å². The highest BCUT2D eigenvalue weighted by Crippen LogP contribution is 2.28. The molecular weight excluding hydrogens is 313 g/mol. The lowest BCUT2D eigenvalue weighted by molar-refractivity contribution is -0.274. The molecule has 0 saturated heterocycles. The molecular formula is C12H12BrF3O2. The SMILES string of the molecule is CCc1cc(C(=O)CCBr)ccc1OC(F)(F)F. The van der Waals surface area contributed by atoms with Crippen molar-refractivity contribution in [1.29, 1.82) is 0 Å². The first-order chi connectivity index (χ1) is 8.37. The molecule has 0 N–H and O–H groups in total. The highest BCUT2D eigenvalue weighted by molar-refractivity contribution is 9.09. The molecule has 2 nitrogen and oxygen atoms in total. The first kappa shape index (κ1) is 15.0. The Labute approximate surface area is 111 Å². The molecule has 0 aliphatic heterocycles. The van der Waals surface area contributed by atoms with Gasteiger partial charge in [-0.1, -0.05) is 22.9 Å². The largest absolute Gasteiger partial charge is 0.573 e. The van der Waals surface area contributed by atoms with E-state index < -0.39 is 6.36 Å². The summed E-state index contributed by atoms with van der Waals surface area (Å²) in [5, 5.41) is 0.522. The molecule has 0 heterocycles. The molecule has 0 bridgehead atoms. The Balaban J connectivity index is 3.00. The normalized spacial score (nSPS) is 11.4. The van der Waals surface area contributed by atoms with E-state index in [1.807, 2.05) is 0 Å². The third kappa shape index (κ3) is 4.33. The molecule has 0 spiro atoms. The number of alkyl halides is 4. The zero-order valence-electron chi connectivity index (χ0n) is 9.68. The maximum Gasteiger partial charge on any atom is 0.573 e. The summed E-state index contributed by atoms with van der Waals surface area (Å²) in [6, 6.07) is 3.99. The van der Waals surface area contributed by atoms with E-state index in [9.17, 15) is 18.0 Å². The number of carbonyl (C=O) groups excluding carboxylic acids is 1. The minimum absolute atomic E-state index is 0.111. The minimum atomic E-state index is -4.72. The highest BCUT2D eigenvalue weighted by Gasteiger charge is 2.32.